The van der Waals surface area contributed by atoms with E-state index in [0.717, 1.165) is 6.08 Å². The Hall–Kier alpha value is 0.756. The molecule has 7 heteroatoms. The van der Waals surface area contributed by atoms with Crippen LogP contribution in [0.4, 0.5) is 0 Å². The van der Waals surface area contributed by atoms with E-state index in [1.54, 1.807) is 6.92 Å². The van der Waals surface area contributed by atoms with Gasteiger partial charge in [0.1, 0.15) is 5.25 Å². The van der Waals surface area contributed by atoms with Crippen LogP contribution in [0.3, 0.4) is 0 Å². The third kappa shape index (κ3) is 6.28. The van der Waals surface area contributed by atoms with Crippen LogP contribution in [0.25, 0.3) is 0 Å². The van der Waals surface area contributed by atoms with Gasteiger partial charge in [-0.2, -0.15) is 8.42 Å². The average Bonchev–Trinajstić information content (AvgIpc) is 1.96. The maximum absolute atomic E-state index is 10.6. The van der Waals surface area contributed by atoms with Gasteiger partial charge >= 0.3 is 57.4 Å². The summed E-state index contributed by atoms with van der Waals surface area (Å²) in [5.41, 5.74) is -0.0931. The van der Waals surface area contributed by atoms with Crippen LogP contribution < -0.4 is 0 Å². The Morgan fingerprint density at radius 2 is 1.93 bits per heavy atom. The molecule has 0 fully saturated rings. The van der Waals surface area contributed by atoms with Crippen molar-refractivity contribution in [2.75, 3.05) is 0 Å². The van der Waals surface area contributed by atoms with Crippen LogP contribution in [0, 0.1) is 0 Å². The molecule has 2 N–H and O–H groups in total. The fourth-order valence-corrected chi connectivity index (χ4v) is 1.56. The van der Waals surface area contributed by atoms with E-state index in [9.17, 15) is 13.2 Å². The Morgan fingerprint density at radius 1 is 1.50 bits per heavy atom. The minimum absolute atomic E-state index is 0. The summed E-state index contributed by atoms with van der Waals surface area (Å²) in [4.78, 5) is 10.3. The van der Waals surface area contributed by atoms with E-state index >= 15 is 0 Å². The summed E-state index contributed by atoms with van der Waals surface area (Å²) in [6.45, 7) is 2.82. The van der Waals surface area contributed by atoms with E-state index in [-0.39, 0.29) is 63.4 Å². The summed E-state index contributed by atoms with van der Waals surface area (Å²) < 4.78 is 29.9. The molecule has 0 aromatic carbocycles. The number of carbonyl (C=O) groups is 1. The summed E-state index contributed by atoms with van der Waals surface area (Å²) >= 11 is 0. The monoisotopic (exact) mass is 248 g/mol. The molecule has 0 bridgehead atoms. The molecule has 0 amide bonds. The Morgan fingerprint density at radius 3 is 2.14 bits per heavy atom. The van der Waals surface area contributed by atoms with Crippen molar-refractivity contribution in [3.63, 3.8) is 0 Å². The van der Waals surface area contributed by atoms with Gasteiger partial charge in [0.25, 0.3) is 10.1 Å². The van der Waals surface area contributed by atoms with Gasteiger partial charge in [-0.05, 0) is 13.3 Å². The first-order valence-electron chi connectivity index (χ1n) is 3.67. The Kier molecular flexibility index (Phi) is 8.70. The van der Waals surface area contributed by atoms with Gasteiger partial charge in [0.2, 0.25) is 0 Å². The quantitative estimate of drug-likeness (QED) is 0.416. The van der Waals surface area contributed by atoms with Gasteiger partial charge in [-0.1, -0.05) is 13.0 Å². The van der Waals surface area contributed by atoms with Gasteiger partial charge in [-0.15, -0.1) is 0 Å². The van der Waals surface area contributed by atoms with Crippen molar-refractivity contribution in [3.05, 3.63) is 11.6 Å². The standard InChI is InChI=1S/C7H12O5S.K.H/c1-3-6(13(10,11)12)4-5(2)7(8)9;;/h4,6H,3H2,1-2H3,(H,8,9)(H,10,11,12);;. The molecule has 0 saturated heterocycles. The fourth-order valence-electron chi connectivity index (χ4n) is 0.765. The van der Waals surface area contributed by atoms with Crippen molar-refractivity contribution in [1.29, 1.82) is 0 Å². The number of hydrogen-bond acceptors (Lipinski definition) is 3. The maximum atomic E-state index is 10.6. The second-order valence-electron chi connectivity index (χ2n) is 2.62. The van der Waals surface area contributed by atoms with E-state index in [0.29, 0.717) is 0 Å². The topological polar surface area (TPSA) is 91.7 Å². The van der Waals surface area contributed by atoms with E-state index in [4.69, 9.17) is 9.66 Å². The first kappa shape index (κ1) is 17.2. The molecule has 0 saturated carbocycles. The Bertz CT molecular complexity index is 319. The van der Waals surface area contributed by atoms with Crippen LogP contribution in [-0.4, -0.2) is 80.7 Å². The van der Waals surface area contributed by atoms with Crippen molar-refractivity contribution < 1.29 is 22.9 Å². The minimum atomic E-state index is -4.18. The first-order chi connectivity index (χ1) is 5.79. The molecule has 1 atom stereocenters. The van der Waals surface area contributed by atoms with Gasteiger partial charge in [0, 0.05) is 5.57 Å². The molecule has 0 aromatic rings. The molecular formula is C7H13KO5S. The number of carboxylic acid groups (broad SMARTS) is 1. The number of rotatable bonds is 4. The van der Waals surface area contributed by atoms with E-state index in [2.05, 4.69) is 0 Å². The Labute approximate surface area is 126 Å². The molecule has 0 aromatic heterocycles. The van der Waals surface area contributed by atoms with Crippen molar-refractivity contribution in [2.24, 2.45) is 0 Å². The van der Waals surface area contributed by atoms with Gasteiger partial charge in [0.05, 0.1) is 0 Å². The van der Waals surface area contributed by atoms with Crippen LogP contribution in [0.1, 0.15) is 20.3 Å². The summed E-state index contributed by atoms with van der Waals surface area (Å²) in [5, 5.41) is 7.31. The van der Waals surface area contributed by atoms with Crippen LogP contribution >= 0.6 is 0 Å². The molecule has 78 valence electrons. The second kappa shape index (κ2) is 7.10. The normalized spacial score (nSPS) is 14.4. The van der Waals surface area contributed by atoms with Gasteiger partial charge < -0.3 is 5.11 Å². The molecule has 0 aliphatic rings. The predicted octanol–water partition coefficient (Wildman–Crippen LogP) is 0.0352. The summed E-state index contributed by atoms with van der Waals surface area (Å²) in [6.07, 6.45) is 1.17. The molecule has 1 unspecified atom stereocenters. The zero-order chi connectivity index (χ0) is 10.6. The Balaban J connectivity index is 0. The number of aliphatic carboxylic acids is 1. The molecule has 0 radical (unpaired) electrons. The fraction of sp³-hybridized carbons (Fsp3) is 0.571. The third-order valence-corrected chi connectivity index (χ3v) is 2.79. The van der Waals surface area contributed by atoms with Crippen molar-refractivity contribution in [3.8, 4) is 0 Å². The van der Waals surface area contributed by atoms with Crippen molar-refractivity contribution in [1.82, 2.24) is 0 Å². The van der Waals surface area contributed by atoms with Crippen LogP contribution in [0.5, 0.6) is 0 Å². The van der Waals surface area contributed by atoms with Gasteiger partial charge in [-0.25, -0.2) is 4.79 Å². The van der Waals surface area contributed by atoms with Crippen molar-refractivity contribution in [2.45, 2.75) is 25.5 Å². The van der Waals surface area contributed by atoms with Crippen LogP contribution in [0.2, 0.25) is 0 Å². The van der Waals surface area contributed by atoms with Crippen LogP contribution in [-0.2, 0) is 14.9 Å². The SMILES string of the molecule is CCC(C=C(C)C(=O)O)S(=O)(=O)O.[KH]. The van der Waals surface area contributed by atoms with E-state index in [1.807, 2.05) is 0 Å². The average molecular weight is 248 g/mol. The molecule has 5 nitrogen and oxygen atoms in total. The molecule has 0 spiro atoms. The summed E-state index contributed by atoms with van der Waals surface area (Å²) in [6, 6.07) is 0. The molecular weight excluding hydrogens is 235 g/mol. The van der Waals surface area contributed by atoms with E-state index in [1.165, 1.54) is 6.92 Å². The molecule has 0 aliphatic carbocycles. The van der Waals surface area contributed by atoms with Crippen LogP contribution in [0.15, 0.2) is 11.6 Å². The predicted molar refractivity (Wildman–Crippen MR) is 54.2 cm³/mol. The third-order valence-electron chi connectivity index (χ3n) is 1.56. The molecule has 0 aliphatic heterocycles. The number of hydrogen-bond donors (Lipinski definition) is 2. The first-order valence-corrected chi connectivity index (χ1v) is 5.17. The zero-order valence-electron chi connectivity index (χ0n) is 7.39. The molecule has 0 heterocycles. The summed E-state index contributed by atoms with van der Waals surface area (Å²) in [7, 11) is -4.18. The zero-order valence-corrected chi connectivity index (χ0v) is 8.21. The van der Waals surface area contributed by atoms with E-state index < -0.39 is 21.3 Å². The van der Waals surface area contributed by atoms with Crippen molar-refractivity contribution >= 4 is 67.5 Å². The molecule has 0 rings (SSSR count). The molecule has 14 heavy (non-hydrogen) atoms. The second-order valence-corrected chi connectivity index (χ2v) is 4.25. The van der Waals surface area contributed by atoms with Gasteiger partial charge in [-0.3, -0.25) is 4.55 Å². The number of carboxylic acids is 1. The summed E-state index contributed by atoms with van der Waals surface area (Å²) in [5.74, 6) is -1.19. The van der Waals surface area contributed by atoms with Gasteiger partial charge in [0.15, 0.2) is 0 Å².